The topological polar surface area (TPSA) is 49.5 Å². The van der Waals surface area contributed by atoms with E-state index in [1.165, 1.54) is 19.4 Å². The maximum absolute atomic E-state index is 9.43. The van der Waals surface area contributed by atoms with Crippen LogP contribution in [0.2, 0.25) is 0 Å². The molecule has 18 heavy (non-hydrogen) atoms. The van der Waals surface area contributed by atoms with Crippen molar-refractivity contribution < 1.29 is 9.52 Å². The van der Waals surface area contributed by atoms with E-state index in [2.05, 4.69) is 23.7 Å². The molecule has 1 aromatic heterocycles. The Hall–Kier alpha value is -0.870. The molecule has 0 amide bonds. The maximum Gasteiger partial charge on any atom is 0.194 e. The van der Waals surface area contributed by atoms with Crippen LogP contribution in [0.1, 0.15) is 51.3 Å². The normalized spacial score (nSPS) is 23.5. The van der Waals surface area contributed by atoms with Crippen molar-refractivity contribution in [2.45, 2.75) is 52.2 Å². The summed E-state index contributed by atoms with van der Waals surface area (Å²) < 4.78 is 5.43. The minimum Gasteiger partial charge on any atom is -0.449 e. The molecule has 0 spiro atoms. The molecular weight excluding hydrogens is 228 g/mol. The third kappa shape index (κ3) is 3.33. The molecule has 2 heterocycles. The second-order valence-corrected chi connectivity index (χ2v) is 5.64. The zero-order chi connectivity index (χ0) is 13.1. The molecular formula is C14H24N2O2. The quantitative estimate of drug-likeness (QED) is 0.894. The number of aliphatic hydroxyl groups excluding tert-OH is 1. The van der Waals surface area contributed by atoms with Crippen molar-refractivity contribution >= 4 is 0 Å². The number of piperidine rings is 1. The summed E-state index contributed by atoms with van der Waals surface area (Å²) in [5.74, 6) is 1.39. The molecule has 4 nitrogen and oxygen atoms in total. The first-order valence-electron chi connectivity index (χ1n) is 6.92. The first-order chi connectivity index (χ1) is 8.56. The molecule has 0 aromatic carbocycles. The standard InChI is InChI=1S/C14H24N2O2/c1-10(2)16-6-4-5-12(8-16)7-14-15-13(9-18-14)11(3)17/h9-12,17H,4-8H2,1-3H3. The van der Waals surface area contributed by atoms with Gasteiger partial charge in [-0.1, -0.05) is 0 Å². The molecule has 102 valence electrons. The highest BCUT2D eigenvalue weighted by Gasteiger charge is 2.23. The Bertz CT molecular complexity index is 374. The van der Waals surface area contributed by atoms with Crippen LogP contribution in [0.3, 0.4) is 0 Å². The zero-order valence-corrected chi connectivity index (χ0v) is 11.6. The maximum atomic E-state index is 9.43. The Morgan fingerprint density at radius 2 is 2.28 bits per heavy atom. The van der Waals surface area contributed by atoms with Crippen LogP contribution in [0, 0.1) is 5.92 Å². The Morgan fingerprint density at radius 1 is 1.50 bits per heavy atom. The molecule has 1 aliphatic heterocycles. The second-order valence-electron chi connectivity index (χ2n) is 5.64. The van der Waals surface area contributed by atoms with Crippen molar-refractivity contribution in [1.29, 1.82) is 0 Å². The smallest absolute Gasteiger partial charge is 0.194 e. The predicted molar refractivity (Wildman–Crippen MR) is 70.3 cm³/mol. The second kappa shape index (κ2) is 5.85. The van der Waals surface area contributed by atoms with Gasteiger partial charge in [-0.15, -0.1) is 0 Å². The number of hydrogen-bond acceptors (Lipinski definition) is 4. The van der Waals surface area contributed by atoms with Gasteiger partial charge in [-0.2, -0.15) is 0 Å². The van der Waals surface area contributed by atoms with Gasteiger partial charge < -0.3 is 14.4 Å². The van der Waals surface area contributed by atoms with Gasteiger partial charge in [0.2, 0.25) is 0 Å². The largest absolute Gasteiger partial charge is 0.449 e. The monoisotopic (exact) mass is 252 g/mol. The summed E-state index contributed by atoms with van der Waals surface area (Å²) in [4.78, 5) is 6.86. The molecule has 2 rings (SSSR count). The van der Waals surface area contributed by atoms with Gasteiger partial charge in [-0.25, -0.2) is 4.98 Å². The Morgan fingerprint density at radius 3 is 2.89 bits per heavy atom. The van der Waals surface area contributed by atoms with Crippen LogP contribution >= 0.6 is 0 Å². The van der Waals surface area contributed by atoms with Crippen LogP contribution in [0.25, 0.3) is 0 Å². The van der Waals surface area contributed by atoms with Crippen molar-refractivity contribution in [3.63, 3.8) is 0 Å². The van der Waals surface area contributed by atoms with Crippen LogP contribution in [-0.4, -0.2) is 34.1 Å². The molecule has 0 bridgehead atoms. The predicted octanol–water partition coefficient (Wildman–Crippen LogP) is 2.39. The number of aliphatic hydroxyl groups is 1. The lowest BCUT2D eigenvalue weighted by Gasteiger charge is -2.35. The van der Waals surface area contributed by atoms with Crippen LogP contribution < -0.4 is 0 Å². The summed E-state index contributed by atoms with van der Waals surface area (Å²) in [6, 6.07) is 0.616. The van der Waals surface area contributed by atoms with E-state index in [1.807, 2.05) is 0 Å². The van der Waals surface area contributed by atoms with E-state index >= 15 is 0 Å². The van der Waals surface area contributed by atoms with Gasteiger partial charge in [0, 0.05) is 19.0 Å². The van der Waals surface area contributed by atoms with E-state index in [1.54, 1.807) is 13.2 Å². The summed E-state index contributed by atoms with van der Waals surface area (Å²) in [5.41, 5.74) is 0.640. The molecule has 2 unspecified atom stereocenters. The highest BCUT2D eigenvalue weighted by molar-refractivity contribution is 5.00. The molecule has 1 aromatic rings. The minimum absolute atomic E-state index is 0.541. The van der Waals surface area contributed by atoms with Crippen LogP contribution in [-0.2, 0) is 6.42 Å². The van der Waals surface area contributed by atoms with Crippen molar-refractivity contribution in [2.75, 3.05) is 13.1 Å². The van der Waals surface area contributed by atoms with Crippen molar-refractivity contribution in [3.05, 3.63) is 17.8 Å². The number of aromatic nitrogens is 1. The van der Waals surface area contributed by atoms with E-state index in [0.29, 0.717) is 17.7 Å². The fraction of sp³-hybridized carbons (Fsp3) is 0.786. The molecule has 1 aliphatic rings. The number of nitrogens with zero attached hydrogens (tertiary/aromatic N) is 2. The molecule has 2 atom stereocenters. The molecule has 0 aliphatic carbocycles. The van der Waals surface area contributed by atoms with E-state index in [9.17, 15) is 5.11 Å². The summed E-state index contributed by atoms with van der Waals surface area (Å²) >= 11 is 0. The van der Waals surface area contributed by atoms with E-state index in [-0.39, 0.29) is 0 Å². The number of hydrogen-bond donors (Lipinski definition) is 1. The number of oxazole rings is 1. The Kier molecular flexibility index (Phi) is 4.40. The van der Waals surface area contributed by atoms with Gasteiger partial charge in [0.1, 0.15) is 12.0 Å². The Balaban J connectivity index is 1.92. The fourth-order valence-electron chi connectivity index (χ4n) is 2.59. The van der Waals surface area contributed by atoms with Crippen molar-refractivity contribution in [1.82, 2.24) is 9.88 Å². The van der Waals surface area contributed by atoms with Gasteiger partial charge in [0.25, 0.3) is 0 Å². The van der Waals surface area contributed by atoms with Gasteiger partial charge in [-0.3, -0.25) is 0 Å². The van der Waals surface area contributed by atoms with Crippen molar-refractivity contribution in [3.8, 4) is 0 Å². The van der Waals surface area contributed by atoms with Crippen LogP contribution in [0.4, 0.5) is 0 Å². The SMILES string of the molecule is CC(O)c1coc(CC2CCCN(C(C)C)C2)n1. The lowest BCUT2D eigenvalue weighted by Crippen LogP contribution is -2.40. The lowest BCUT2D eigenvalue weighted by atomic mass is 9.94. The fourth-order valence-corrected chi connectivity index (χ4v) is 2.59. The average Bonchev–Trinajstić information content (AvgIpc) is 2.78. The molecule has 0 radical (unpaired) electrons. The molecule has 1 fully saturated rings. The van der Waals surface area contributed by atoms with E-state index in [4.69, 9.17) is 4.42 Å². The average molecular weight is 252 g/mol. The van der Waals surface area contributed by atoms with Crippen LogP contribution in [0.15, 0.2) is 10.7 Å². The first kappa shape index (κ1) is 13.6. The lowest BCUT2D eigenvalue weighted by molar-refractivity contribution is 0.136. The molecule has 0 saturated carbocycles. The van der Waals surface area contributed by atoms with Gasteiger partial charge in [0.05, 0.1) is 6.10 Å². The Labute approximate surface area is 109 Å². The van der Waals surface area contributed by atoms with Gasteiger partial charge >= 0.3 is 0 Å². The van der Waals surface area contributed by atoms with E-state index < -0.39 is 6.10 Å². The van der Waals surface area contributed by atoms with Crippen LogP contribution in [0.5, 0.6) is 0 Å². The summed E-state index contributed by atoms with van der Waals surface area (Å²) in [6.45, 7) is 8.55. The first-order valence-corrected chi connectivity index (χ1v) is 6.92. The summed E-state index contributed by atoms with van der Waals surface area (Å²) in [5, 5.41) is 9.43. The molecule has 1 saturated heterocycles. The summed E-state index contributed by atoms with van der Waals surface area (Å²) in [6.07, 6.45) is 4.42. The third-order valence-electron chi connectivity index (χ3n) is 3.74. The van der Waals surface area contributed by atoms with Crippen molar-refractivity contribution in [2.24, 2.45) is 5.92 Å². The third-order valence-corrected chi connectivity index (χ3v) is 3.74. The van der Waals surface area contributed by atoms with Gasteiger partial charge in [0.15, 0.2) is 5.89 Å². The number of likely N-dealkylation sites (tertiary alicyclic amines) is 1. The number of rotatable bonds is 4. The summed E-state index contributed by atoms with van der Waals surface area (Å²) in [7, 11) is 0. The molecule has 1 N–H and O–H groups in total. The molecule has 4 heteroatoms. The minimum atomic E-state index is -0.541. The van der Waals surface area contributed by atoms with E-state index in [0.717, 1.165) is 18.9 Å². The van der Waals surface area contributed by atoms with Gasteiger partial charge in [-0.05, 0) is 46.1 Å². The zero-order valence-electron chi connectivity index (χ0n) is 11.6. The highest BCUT2D eigenvalue weighted by Crippen LogP contribution is 2.22. The highest BCUT2D eigenvalue weighted by atomic mass is 16.3.